The Morgan fingerprint density at radius 3 is 2.71 bits per heavy atom. The zero-order valence-electron chi connectivity index (χ0n) is 9.17. The summed E-state index contributed by atoms with van der Waals surface area (Å²) in [6.07, 6.45) is 0.796. The summed E-state index contributed by atoms with van der Waals surface area (Å²) in [5.74, 6) is 0.0941. The first-order valence-electron chi connectivity index (χ1n) is 5.09. The average molecular weight is 200 g/mol. The third kappa shape index (κ3) is 2.69. The maximum absolute atomic E-state index is 11.6. The highest BCUT2D eigenvalue weighted by Gasteiger charge is 2.32. The molecule has 1 aliphatic rings. The van der Waals surface area contributed by atoms with Gasteiger partial charge < -0.3 is 10.5 Å². The Labute approximate surface area is 85.2 Å². The SMILES string of the molecule is CC(C)(C)C(=O)OC1NCC[C@H]1CN. The van der Waals surface area contributed by atoms with E-state index in [9.17, 15) is 4.79 Å². The molecule has 0 amide bonds. The molecule has 3 N–H and O–H groups in total. The Balaban J connectivity index is 2.48. The number of carbonyl (C=O) groups excluding carboxylic acids is 1. The minimum atomic E-state index is -0.441. The summed E-state index contributed by atoms with van der Waals surface area (Å²) < 4.78 is 5.35. The Hall–Kier alpha value is -0.610. The van der Waals surface area contributed by atoms with Crippen molar-refractivity contribution in [2.45, 2.75) is 33.4 Å². The lowest BCUT2D eigenvalue weighted by Gasteiger charge is -2.23. The standard InChI is InChI=1S/C10H20N2O2/c1-10(2,3)9(13)14-8-7(6-11)4-5-12-8/h7-8,12H,4-6,11H2,1-3H3/t7-,8?/m0/s1. The predicted molar refractivity (Wildman–Crippen MR) is 54.5 cm³/mol. The molecule has 82 valence electrons. The molecule has 0 aromatic carbocycles. The Morgan fingerprint density at radius 1 is 1.57 bits per heavy atom. The van der Waals surface area contributed by atoms with Crippen molar-refractivity contribution in [1.29, 1.82) is 0 Å². The molecule has 1 heterocycles. The lowest BCUT2D eigenvalue weighted by molar-refractivity contribution is -0.161. The van der Waals surface area contributed by atoms with Crippen LogP contribution in [0.15, 0.2) is 0 Å². The molecule has 0 aliphatic carbocycles. The molecule has 4 nitrogen and oxygen atoms in total. The molecule has 1 saturated heterocycles. The van der Waals surface area contributed by atoms with E-state index in [0.29, 0.717) is 6.54 Å². The van der Waals surface area contributed by atoms with Crippen LogP contribution in [0.4, 0.5) is 0 Å². The Bertz CT molecular complexity index is 211. The lowest BCUT2D eigenvalue weighted by Crippen LogP contribution is -2.38. The second kappa shape index (κ2) is 4.28. The van der Waals surface area contributed by atoms with Crippen molar-refractivity contribution in [3.05, 3.63) is 0 Å². The molecule has 0 saturated carbocycles. The van der Waals surface area contributed by atoms with Gasteiger partial charge in [0, 0.05) is 12.5 Å². The van der Waals surface area contributed by atoms with Crippen molar-refractivity contribution in [2.75, 3.05) is 13.1 Å². The maximum Gasteiger partial charge on any atom is 0.312 e. The molecule has 0 aromatic heterocycles. The van der Waals surface area contributed by atoms with Crippen molar-refractivity contribution in [1.82, 2.24) is 5.32 Å². The van der Waals surface area contributed by atoms with Crippen LogP contribution in [0, 0.1) is 11.3 Å². The smallest absolute Gasteiger partial charge is 0.312 e. The molecule has 1 aliphatic heterocycles. The molecule has 0 radical (unpaired) electrons. The van der Waals surface area contributed by atoms with E-state index < -0.39 is 5.41 Å². The second-order valence-corrected chi connectivity index (χ2v) is 4.81. The van der Waals surface area contributed by atoms with Gasteiger partial charge in [0.2, 0.25) is 0 Å². The molecule has 1 unspecified atom stereocenters. The number of nitrogens with one attached hydrogen (secondary N) is 1. The van der Waals surface area contributed by atoms with Crippen LogP contribution in [0.2, 0.25) is 0 Å². The first-order valence-corrected chi connectivity index (χ1v) is 5.09. The van der Waals surface area contributed by atoms with Gasteiger partial charge in [-0.1, -0.05) is 0 Å². The predicted octanol–water partition coefficient (Wildman–Crippen LogP) is 0.470. The number of hydrogen-bond donors (Lipinski definition) is 2. The van der Waals surface area contributed by atoms with Crippen LogP contribution in [-0.4, -0.2) is 25.3 Å². The summed E-state index contributed by atoms with van der Waals surface area (Å²) in [4.78, 5) is 11.6. The van der Waals surface area contributed by atoms with Gasteiger partial charge in [-0.15, -0.1) is 0 Å². The number of rotatable bonds is 2. The second-order valence-electron chi connectivity index (χ2n) is 4.81. The molecular weight excluding hydrogens is 180 g/mol. The summed E-state index contributed by atoms with van der Waals surface area (Å²) in [5, 5.41) is 3.14. The fourth-order valence-corrected chi connectivity index (χ4v) is 1.40. The van der Waals surface area contributed by atoms with E-state index in [1.54, 1.807) is 0 Å². The van der Waals surface area contributed by atoms with Gasteiger partial charge in [-0.3, -0.25) is 10.1 Å². The van der Waals surface area contributed by atoms with Gasteiger partial charge in [0.1, 0.15) is 0 Å². The van der Waals surface area contributed by atoms with Crippen LogP contribution in [0.1, 0.15) is 27.2 Å². The van der Waals surface area contributed by atoms with Gasteiger partial charge in [0.15, 0.2) is 6.23 Å². The Kier molecular flexibility index (Phi) is 3.50. The quantitative estimate of drug-likeness (QED) is 0.636. The van der Waals surface area contributed by atoms with Crippen LogP contribution in [-0.2, 0) is 9.53 Å². The van der Waals surface area contributed by atoms with Gasteiger partial charge in [-0.2, -0.15) is 0 Å². The molecule has 0 spiro atoms. The molecule has 0 bridgehead atoms. The first kappa shape index (κ1) is 11.5. The summed E-state index contributed by atoms with van der Waals surface area (Å²) in [6, 6.07) is 0. The van der Waals surface area contributed by atoms with E-state index in [1.807, 2.05) is 20.8 Å². The van der Waals surface area contributed by atoms with E-state index in [0.717, 1.165) is 13.0 Å². The zero-order valence-corrected chi connectivity index (χ0v) is 9.17. The summed E-state index contributed by atoms with van der Waals surface area (Å²) in [7, 11) is 0. The van der Waals surface area contributed by atoms with Crippen molar-refractivity contribution < 1.29 is 9.53 Å². The Morgan fingerprint density at radius 2 is 2.21 bits per heavy atom. The van der Waals surface area contributed by atoms with E-state index in [-0.39, 0.29) is 18.1 Å². The highest BCUT2D eigenvalue weighted by Crippen LogP contribution is 2.21. The van der Waals surface area contributed by atoms with Crippen molar-refractivity contribution in [3.63, 3.8) is 0 Å². The van der Waals surface area contributed by atoms with Crippen molar-refractivity contribution in [2.24, 2.45) is 17.1 Å². The average Bonchev–Trinajstić information content (AvgIpc) is 2.50. The van der Waals surface area contributed by atoms with Gasteiger partial charge in [-0.05, 0) is 33.7 Å². The third-order valence-corrected chi connectivity index (χ3v) is 2.44. The molecule has 0 aromatic rings. The largest absolute Gasteiger partial charge is 0.446 e. The first-order chi connectivity index (χ1) is 6.45. The minimum absolute atomic E-state index is 0.171. The van der Waals surface area contributed by atoms with Crippen LogP contribution in [0.5, 0.6) is 0 Å². The van der Waals surface area contributed by atoms with Crippen LogP contribution >= 0.6 is 0 Å². The van der Waals surface area contributed by atoms with E-state index in [2.05, 4.69) is 5.32 Å². The molecule has 1 rings (SSSR count). The topological polar surface area (TPSA) is 64.3 Å². The molecule has 2 atom stereocenters. The van der Waals surface area contributed by atoms with Crippen LogP contribution in [0.3, 0.4) is 0 Å². The fourth-order valence-electron chi connectivity index (χ4n) is 1.40. The summed E-state index contributed by atoms with van der Waals surface area (Å²) >= 11 is 0. The molecule has 4 heteroatoms. The number of nitrogens with two attached hydrogens (primary N) is 1. The van der Waals surface area contributed by atoms with Gasteiger partial charge in [0.05, 0.1) is 5.41 Å². The summed E-state index contributed by atoms with van der Waals surface area (Å²) in [5.41, 5.74) is 5.14. The van der Waals surface area contributed by atoms with Crippen molar-refractivity contribution >= 4 is 5.97 Å². The van der Waals surface area contributed by atoms with Crippen LogP contribution in [0.25, 0.3) is 0 Å². The monoisotopic (exact) mass is 200 g/mol. The van der Waals surface area contributed by atoms with Gasteiger partial charge >= 0.3 is 5.97 Å². The molecular formula is C10H20N2O2. The van der Waals surface area contributed by atoms with E-state index in [4.69, 9.17) is 10.5 Å². The maximum atomic E-state index is 11.6. The van der Waals surface area contributed by atoms with Gasteiger partial charge in [-0.25, -0.2) is 0 Å². The minimum Gasteiger partial charge on any atom is -0.446 e. The van der Waals surface area contributed by atoms with Gasteiger partial charge in [0.25, 0.3) is 0 Å². The third-order valence-electron chi connectivity index (χ3n) is 2.44. The van der Waals surface area contributed by atoms with E-state index >= 15 is 0 Å². The normalized spacial score (nSPS) is 27.7. The molecule has 14 heavy (non-hydrogen) atoms. The lowest BCUT2D eigenvalue weighted by atomic mass is 9.97. The van der Waals surface area contributed by atoms with Crippen molar-refractivity contribution in [3.8, 4) is 0 Å². The highest BCUT2D eigenvalue weighted by molar-refractivity contribution is 5.75. The zero-order chi connectivity index (χ0) is 10.8. The summed E-state index contributed by atoms with van der Waals surface area (Å²) in [6.45, 7) is 6.99. The molecule has 1 fully saturated rings. The van der Waals surface area contributed by atoms with Crippen LogP contribution < -0.4 is 11.1 Å². The van der Waals surface area contributed by atoms with E-state index in [1.165, 1.54) is 0 Å². The highest BCUT2D eigenvalue weighted by atomic mass is 16.6. The number of ether oxygens (including phenoxy) is 1. The fraction of sp³-hybridized carbons (Fsp3) is 0.900. The number of hydrogen-bond acceptors (Lipinski definition) is 4. The number of esters is 1. The number of carbonyl (C=O) groups is 1.